The van der Waals surface area contributed by atoms with Crippen molar-refractivity contribution in [1.82, 2.24) is 19.8 Å². The number of carbonyl (C=O) groups is 2. The number of amides is 2. The highest BCUT2D eigenvalue weighted by molar-refractivity contribution is 7.19. The van der Waals surface area contributed by atoms with E-state index >= 15 is 0 Å². The van der Waals surface area contributed by atoms with E-state index in [4.69, 9.17) is 21.1 Å². The zero-order chi connectivity index (χ0) is 22.7. The Labute approximate surface area is 195 Å². The minimum Gasteiger partial charge on any atom is -0.447 e. The number of halogens is 1. The maximum atomic E-state index is 12.5. The van der Waals surface area contributed by atoms with Crippen molar-refractivity contribution in [3.05, 3.63) is 22.4 Å². The van der Waals surface area contributed by atoms with Crippen LogP contribution in [-0.4, -0.2) is 70.3 Å². The summed E-state index contributed by atoms with van der Waals surface area (Å²) in [5.74, 6) is 6.26. The number of likely N-dealkylation sites (tertiary alicyclic amines) is 2. The van der Waals surface area contributed by atoms with Crippen molar-refractivity contribution in [3.8, 4) is 11.8 Å². The number of hydrogen-bond donors (Lipinski definition) is 0. The van der Waals surface area contributed by atoms with Gasteiger partial charge in [0, 0.05) is 32.0 Å². The zero-order valence-corrected chi connectivity index (χ0v) is 19.6. The normalized spacial score (nSPS) is 20.9. The second kappa shape index (κ2) is 9.92. The van der Waals surface area contributed by atoms with Crippen LogP contribution in [0.25, 0.3) is 10.2 Å². The molecule has 0 saturated carbocycles. The Morgan fingerprint density at radius 2 is 1.97 bits per heavy atom. The fourth-order valence-electron chi connectivity index (χ4n) is 3.85. The van der Waals surface area contributed by atoms with Gasteiger partial charge in [0.25, 0.3) is 0 Å². The molecule has 2 atom stereocenters. The summed E-state index contributed by atoms with van der Waals surface area (Å²) in [5, 5.41) is 1.17. The Balaban J connectivity index is 1.50. The lowest BCUT2D eigenvalue weighted by atomic mass is 9.96. The van der Waals surface area contributed by atoms with Gasteiger partial charge >= 0.3 is 12.2 Å². The molecule has 0 N–H and O–H groups in total. The molecule has 4 rings (SSSR count). The molecule has 2 aliphatic heterocycles. The van der Waals surface area contributed by atoms with Gasteiger partial charge in [0.1, 0.15) is 22.4 Å². The Hall–Kier alpha value is -2.57. The van der Waals surface area contributed by atoms with Crippen LogP contribution >= 0.6 is 22.9 Å². The third-order valence-electron chi connectivity index (χ3n) is 5.32. The van der Waals surface area contributed by atoms with Crippen molar-refractivity contribution in [2.45, 2.75) is 45.3 Å². The Bertz CT molecular complexity index is 1060. The fourth-order valence-corrected chi connectivity index (χ4v) is 4.95. The summed E-state index contributed by atoms with van der Waals surface area (Å²) >= 11 is 7.57. The molecule has 2 aliphatic rings. The van der Waals surface area contributed by atoms with Gasteiger partial charge in [-0.1, -0.05) is 23.4 Å². The van der Waals surface area contributed by atoms with E-state index in [9.17, 15) is 9.59 Å². The van der Waals surface area contributed by atoms with Gasteiger partial charge in [0.05, 0.1) is 22.9 Å². The largest absolute Gasteiger partial charge is 0.447 e. The van der Waals surface area contributed by atoms with E-state index in [1.165, 1.54) is 17.7 Å². The average molecular weight is 477 g/mol. The summed E-state index contributed by atoms with van der Waals surface area (Å²) in [5.41, 5.74) is 0. The number of hydrogen-bond acceptors (Lipinski definition) is 7. The number of carbonyl (C=O) groups excluding carboxylic acids is 2. The van der Waals surface area contributed by atoms with Gasteiger partial charge in [-0.2, -0.15) is 0 Å². The van der Waals surface area contributed by atoms with Crippen LogP contribution in [0, 0.1) is 17.8 Å². The Morgan fingerprint density at radius 3 is 2.69 bits per heavy atom. The number of aromatic nitrogens is 2. The number of thiophene rings is 1. The summed E-state index contributed by atoms with van der Waals surface area (Å²) in [4.78, 5) is 38.2. The minimum absolute atomic E-state index is 0.161. The Kier molecular flexibility index (Phi) is 7.01. The highest BCUT2D eigenvalue weighted by Gasteiger charge is 2.34. The molecule has 0 aliphatic carbocycles. The highest BCUT2D eigenvalue weighted by Crippen LogP contribution is 2.28. The quantitative estimate of drug-likeness (QED) is 0.478. The van der Waals surface area contributed by atoms with Gasteiger partial charge in [-0.15, -0.1) is 11.3 Å². The molecule has 170 valence electrons. The van der Waals surface area contributed by atoms with Gasteiger partial charge in [0.15, 0.2) is 0 Å². The average Bonchev–Trinajstić information content (AvgIpc) is 3.42. The SMILES string of the molecule is CC(C)OC(=O)N1CC(C#Cc2cc3c(Cl)ncnc3s2)CC(OC(=O)N2CCCC2)C1. The maximum Gasteiger partial charge on any atom is 0.410 e. The van der Waals surface area contributed by atoms with Crippen LogP contribution in [-0.2, 0) is 9.47 Å². The first-order chi connectivity index (χ1) is 15.4. The predicted octanol–water partition coefficient (Wildman–Crippen LogP) is 4.16. The first-order valence-electron chi connectivity index (χ1n) is 10.7. The van der Waals surface area contributed by atoms with Gasteiger partial charge in [0.2, 0.25) is 0 Å². The summed E-state index contributed by atoms with van der Waals surface area (Å²) in [6.45, 7) is 5.76. The fraction of sp³-hybridized carbons (Fsp3) is 0.545. The van der Waals surface area contributed by atoms with Crippen LogP contribution in [0.4, 0.5) is 9.59 Å². The lowest BCUT2D eigenvalue weighted by Crippen LogP contribution is -2.49. The second-order valence-corrected chi connectivity index (χ2v) is 9.62. The first kappa shape index (κ1) is 22.6. The van der Waals surface area contributed by atoms with E-state index in [0.29, 0.717) is 37.8 Å². The standard InChI is InChI=1S/C22H25ClN4O4S/c1-14(2)30-22(29)27-11-15(9-16(12-27)31-21(28)26-7-3-4-8-26)5-6-17-10-18-19(23)24-13-25-20(18)32-17/h10,13-16H,3-4,7-9,11-12H2,1-2H3. The molecule has 8 nitrogen and oxygen atoms in total. The molecule has 4 heterocycles. The van der Waals surface area contributed by atoms with Crippen molar-refractivity contribution in [2.24, 2.45) is 5.92 Å². The molecular formula is C22H25ClN4O4S. The summed E-state index contributed by atoms with van der Waals surface area (Å²) in [7, 11) is 0. The van der Waals surface area contributed by atoms with E-state index in [-0.39, 0.29) is 18.1 Å². The number of piperidine rings is 1. The first-order valence-corrected chi connectivity index (χ1v) is 11.9. The molecule has 0 radical (unpaired) electrons. The van der Waals surface area contributed by atoms with Crippen molar-refractivity contribution in [3.63, 3.8) is 0 Å². The van der Waals surface area contributed by atoms with Gasteiger partial charge < -0.3 is 19.3 Å². The Morgan fingerprint density at radius 1 is 1.19 bits per heavy atom. The molecule has 2 fully saturated rings. The minimum atomic E-state index is -0.432. The maximum absolute atomic E-state index is 12.5. The second-order valence-electron chi connectivity index (χ2n) is 8.23. The van der Waals surface area contributed by atoms with E-state index < -0.39 is 12.2 Å². The molecule has 0 spiro atoms. The van der Waals surface area contributed by atoms with E-state index in [1.807, 2.05) is 6.07 Å². The van der Waals surface area contributed by atoms with Crippen LogP contribution in [0.1, 0.15) is 38.0 Å². The lowest BCUT2D eigenvalue weighted by molar-refractivity contribution is 0.00547. The third-order valence-corrected chi connectivity index (χ3v) is 6.58. The topological polar surface area (TPSA) is 84.9 Å². The van der Waals surface area contributed by atoms with Crippen LogP contribution in [0.15, 0.2) is 12.4 Å². The van der Waals surface area contributed by atoms with Gasteiger partial charge in [-0.3, -0.25) is 0 Å². The summed E-state index contributed by atoms with van der Waals surface area (Å²) in [6.07, 6.45) is 2.56. The molecule has 2 saturated heterocycles. The number of ether oxygens (including phenoxy) is 2. The van der Waals surface area contributed by atoms with Crippen LogP contribution < -0.4 is 0 Å². The molecule has 2 unspecified atom stereocenters. The number of rotatable bonds is 2. The smallest absolute Gasteiger partial charge is 0.410 e. The lowest BCUT2D eigenvalue weighted by Gasteiger charge is -2.35. The van der Waals surface area contributed by atoms with Crippen molar-refractivity contribution < 1.29 is 19.1 Å². The molecule has 0 aromatic carbocycles. The van der Waals surface area contributed by atoms with E-state index in [2.05, 4.69) is 21.8 Å². The summed E-state index contributed by atoms with van der Waals surface area (Å²) < 4.78 is 11.1. The molecule has 2 aromatic heterocycles. The van der Waals surface area contributed by atoms with Crippen molar-refractivity contribution >= 4 is 45.3 Å². The van der Waals surface area contributed by atoms with E-state index in [0.717, 1.165) is 27.9 Å². The number of nitrogens with zero attached hydrogens (tertiary/aromatic N) is 4. The monoisotopic (exact) mass is 476 g/mol. The molecule has 32 heavy (non-hydrogen) atoms. The number of fused-ring (bicyclic) bond motifs is 1. The predicted molar refractivity (Wildman–Crippen MR) is 122 cm³/mol. The summed E-state index contributed by atoms with van der Waals surface area (Å²) in [6, 6.07) is 1.87. The third kappa shape index (κ3) is 5.43. The van der Waals surface area contributed by atoms with Gasteiger partial charge in [-0.05, 0) is 32.8 Å². The van der Waals surface area contributed by atoms with Crippen LogP contribution in [0.5, 0.6) is 0 Å². The molecule has 2 amide bonds. The molecule has 0 bridgehead atoms. The van der Waals surface area contributed by atoms with Crippen LogP contribution in [0.2, 0.25) is 5.15 Å². The van der Waals surface area contributed by atoms with E-state index in [1.54, 1.807) is 23.6 Å². The molecule has 2 aromatic rings. The van der Waals surface area contributed by atoms with Crippen molar-refractivity contribution in [2.75, 3.05) is 26.2 Å². The molecule has 10 heteroatoms. The highest BCUT2D eigenvalue weighted by atomic mass is 35.5. The zero-order valence-electron chi connectivity index (χ0n) is 18.0. The molecular weight excluding hydrogens is 452 g/mol. The van der Waals surface area contributed by atoms with Crippen molar-refractivity contribution in [1.29, 1.82) is 0 Å². The van der Waals surface area contributed by atoms with Crippen LogP contribution in [0.3, 0.4) is 0 Å². The van der Waals surface area contributed by atoms with Gasteiger partial charge in [-0.25, -0.2) is 19.6 Å².